The monoisotopic (exact) mass is 417 g/mol. The highest BCUT2D eigenvalue weighted by molar-refractivity contribution is 7.15. The topological polar surface area (TPSA) is 71.5 Å². The first-order chi connectivity index (χ1) is 13.6. The lowest BCUT2D eigenvalue weighted by Gasteiger charge is -2.24. The Balaban J connectivity index is 1.39. The summed E-state index contributed by atoms with van der Waals surface area (Å²) < 4.78 is 5.40. The van der Waals surface area contributed by atoms with Gasteiger partial charge < -0.3 is 9.64 Å². The van der Waals surface area contributed by atoms with Crippen LogP contribution in [0.25, 0.3) is 6.08 Å². The Morgan fingerprint density at radius 1 is 1.36 bits per heavy atom. The van der Waals surface area contributed by atoms with Crippen LogP contribution in [0, 0.1) is 0 Å². The molecule has 1 unspecified atom stereocenters. The Kier molecular flexibility index (Phi) is 5.75. The van der Waals surface area contributed by atoms with Gasteiger partial charge in [-0.15, -0.1) is 0 Å². The third kappa shape index (κ3) is 4.27. The Morgan fingerprint density at radius 3 is 3.00 bits per heavy atom. The molecule has 1 aromatic heterocycles. The highest BCUT2D eigenvalue weighted by Gasteiger charge is 2.27. The van der Waals surface area contributed by atoms with Gasteiger partial charge in [-0.05, 0) is 30.5 Å². The standard InChI is InChI=1S/C20H20ClN3O3S/c21-14-5-2-1-4-13(14)7-8-18(25)24-10-9-15-17(12-24)28-20(22-15)23-19(26)16-6-3-11-27-16/h1-2,4-5,7-8,16H,3,6,9-12H2,(H,22,23,26)/b8-7+. The molecule has 8 heteroatoms. The predicted octanol–water partition coefficient (Wildman–Crippen LogP) is 3.51. The molecule has 4 rings (SSSR count). The highest BCUT2D eigenvalue weighted by Crippen LogP contribution is 2.29. The van der Waals surface area contributed by atoms with Gasteiger partial charge >= 0.3 is 0 Å². The van der Waals surface area contributed by atoms with Gasteiger partial charge in [0.1, 0.15) is 6.10 Å². The Hall–Kier alpha value is -2.22. The lowest BCUT2D eigenvalue weighted by atomic mass is 10.1. The number of thiazole rings is 1. The van der Waals surface area contributed by atoms with E-state index in [1.54, 1.807) is 23.1 Å². The summed E-state index contributed by atoms with van der Waals surface area (Å²) >= 11 is 7.55. The highest BCUT2D eigenvalue weighted by atomic mass is 35.5. The van der Waals surface area contributed by atoms with Gasteiger partial charge in [-0.1, -0.05) is 41.1 Å². The number of ether oxygens (including phenoxy) is 1. The fraction of sp³-hybridized carbons (Fsp3) is 0.350. The summed E-state index contributed by atoms with van der Waals surface area (Å²) in [7, 11) is 0. The lowest BCUT2D eigenvalue weighted by molar-refractivity contribution is -0.127. The minimum absolute atomic E-state index is 0.0658. The van der Waals surface area contributed by atoms with Crippen molar-refractivity contribution in [3.05, 3.63) is 51.5 Å². The molecule has 0 aliphatic carbocycles. The van der Waals surface area contributed by atoms with E-state index in [0.717, 1.165) is 29.0 Å². The van der Waals surface area contributed by atoms with Crippen LogP contribution in [0.4, 0.5) is 5.13 Å². The SMILES string of the molecule is O=C(Nc1nc2c(s1)CN(C(=O)/C=C/c1ccccc1Cl)CC2)C1CCCO1. The van der Waals surface area contributed by atoms with Crippen molar-refractivity contribution in [2.45, 2.75) is 31.9 Å². The molecule has 3 heterocycles. The zero-order valence-corrected chi connectivity index (χ0v) is 16.8. The van der Waals surface area contributed by atoms with Crippen LogP contribution >= 0.6 is 22.9 Å². The molecule has 1 fully saturated rings. The number of hydrogen-bond donors (Lipinski definition) is 1. The maximum atomic E-state index is 12.5. The third-order valence-electron chi connectivity index (χ3n) is 4.81. The van der Waals surface area contributed by atoms with E-state index in [4.69, 9.17) is 16.3 Å². The molecular weight excluding hydrogens is 398 g/mol. The summed E-state index contributed by atoms with van der Waals surface area (Å²) in [6.07, 6.45) is 5.23. The first kappa shape index (κ1) is 19.1. The first-order valence-electron chi connectivity index (χ1n) is 9.23. The van der Waals surface area contributed by atoms with Crippen molar-refractivity contribution in [3.63, 3.8) is 0 Å². The number of anilines is 1. The molecule has 1 saturated heterocycles. The van der Waals surface area contributed by atoms with Crippen molar-refractivity contribution in [1.29, 1.82) is 0 Å². The Bertz CT molecular complexity index is 921. The summed E-state index contributed by atoms with van der Waals surface area (Å²) in [5, 5.41) is 4.04. The van der Waals surface area contributed by atoms with Crippen molar-refractivity contribution in [2.75, 3.05) is 18.5 Å². The van der Waals surface area contributed by atoms with Gasteiger partial charge in [-0.3, -0.25) is 14.9 Å². The van der Waals surface area contributed by atoms with Crippen LogP contribution < -0.4 is 5.32 Å². The number of aromatic nitrogens is 1. The second-order valence-corrected chi connectivity index (χ2v) is 8.24. The van der Waals surface area contributed by atoms with Gasteiger partial charge in [0.05, 0.1) is 12.2 Å². The van der Waals surface area contributed by atoms with E-state index in [9.17, 15) is 9.59 Å². The first-order valence-corrected chi connectivity index (χ1v) is 10.4. The number of hydrogen-bond acceptors (Lipinski definition) is 5. The van der Waals surface area contributed by atoms with Crippen LogP contribution in [0.1, 0.15) is 29.0 Å². The smallest absolute Gasteiger partial charge is 0.255 e. The molecule has 146 valence electrons. The molecule has 0 radical (unpaired) electrons. The molecule has 1 N–H and O–H groups in total. The number of fused-ring (bicyclic) bond motifs is 1. The number of carbonyl (C=O) groups excluding carboxylic acids is 2. The largest absolute Gasteiger partial charge is 0.368 e. The molecule has 6 nitrogen and oxygen atoms in total. The zero-order valence-electron chi connectivity index (χ0n) is 15.2. The van der Waals surface area contributed by atoms with Crippen molar-refractivity contribution in [3.8, 4) is 0 Å². The van der Waals surface area contributed by atoms with E-state index in [1.807, 2.05) is 18.2 Å². The Morgan fingerprint density at radius 2 is 2.21 bits per heavy atom. The van der Waals surface area contributed by atoms with Gasteiger partial charge in [-0.2, -0.15) is 0 Å². The van der Waals surface area contributed by atoms with Gasteiger partial charge in [0.2, 0.25) is 5.91 Å². The number of halogens is 1. The van der Waals surface area contributed by atoms with Crippen LogP contribution in [-0.2, 0) is 27.3 Å². The van der Waals surface area contributed by atoms with E-state index < -0.39 is 0 Å². The fourth-order valence-corrected chi connectivity index (χ4v) is 4.51. The number of nitrogens with zero attached hydrogens (tertiary/aromatic N) is 2. The molecule has 1 aromatic carbocycles. The summed E-state index contributed by atoms with van der Waals surface area (Å²) in [6, 6.07) is 7.40. The van der Waals surface area contributed by atoms with Gasteiger partial charge in [0.25, 0.3) is 5.91 Å². The molecule has 2 amide bonds. The molecule has 2 aliphatic rings. The Labute approximate surface area is 172 Å². The maximum Gasteiger partial charge on any atom is 0.255 e. The average molecular weight is 418 g/mol. The number of rotatable bonds is 4. The number of carbonyl (C=O) groups is 2. The summed E-state index contributed by atoms with van der Waals surface area (Å²) in [5.74, 6) is -0.205. The third-order valence-corrected chi connectivity index (χ3v) is 6.15. The van der Waals surface area contributed by atoms with Gasteiger partial charge in [-0.25, -0.2) is 4.98 Å². The van der Waals surface area contributed by atoms with Crippen molar-refractivity contribution in [2.24, 2.45) is 0 Å². The predicted molar refractivity (Wildman–Crippen MR) is 109 cm³/mol. The van der Waals surface area contributed by atoms with Gasteiger partial charge in [0, 0.05) is 35.5 Å². The number of amides is 2. The van der Waals surface area contributed by atoms with E-state index in [2.05, 4.69) is 10.3 Å². The normalized spacial score (nSPS) is 19.0. The minimum atomic E-state index is -0.381. The van der Waals surface area contributed by atoms with Crippen molar-refractivity contribution >= 4 is 46.0 Å². The molecular formula is C20H20ClN3O3S. The summed E-state index contributed by atoms with van der Waals surface area (Å²) in [5.41, 5.74) is 1.76. The summed E-state index contributed by atoms with van der Waals surface area (Å²) in [6.45, 7) is 1.72. The van der Waals surface area contributed by atoms with E-state index in [1.165, 1.54) is 11.3 Å². The molecule has 0 spiro atoms. The zero-order chi connectivity index (χ0) is 19.5. The average Bonchev–Trinajstić information content (AvgIpc) is 3.36. The van der Waals surface area contributed by atoms with Crippen LogP contribution in [0.3, 0.4) is 0 Å². The van der Waals surface area contributed by atoms with Crippen molar-refractivity contribution < 1.29 is 14.3 Å². The number of benzene rings is 1. The number of nitrogens with one attached hydrogen (secondary N) is 1. The van der Waals surface area contributed by atoms with Crippen LogP contribution in [-0.4, -0.2) is 41.0 Å². The van der Waals surface area contributed by atoms with E-state index in [-0.39, 0.29) is 17.9 Å². The second-order valence-electron chi connectivity index (χ2n) is 6.74. The van der Waals surface area contributed by atoms with E-state index in [0.29, 0.717) is 36.3 Å². The molecule has 2 aromatic rings. The quantitative estimate of drug-likeness (QED) is 0.772. The van der Waals surface area contributed by atoms with Gasteiger partial charge in [0.15, 0.2) is 5.13 Å². The van der Waals surface area contributed by atoms with Crippen molar-refractivity contribution in [1.82, 2.24) is 9.88 Å². The lowest BCUT2D eigenvalue weighted by Crippen LogP contribution is -2.34. The molecule has 2 aliphatic heterocycles. The molecule has 1 atom stereocenters. The maximum absolute atomic E-state index is 12.5. The fourth-order valence-electron chi connectivity index (χ4n) is 3.28. The summed E-state index contributed by atoms with van der Waals surface area (Å²) in [4.78, 5) is 32.0. The van der Waals surface area contributed by atoms with E-state index >= 15 is 0 Å². The van der Waals surface area contributed by atoms with Crippen LogP contribution in [0.15, 0.2) is 30.3 Å². The minimum Gasteiger partial charge on any atom is -0.368 e. The van der Waals surface area contributed by atoms with Crippen LogP contribution in [0.2, 0.25) is 5.02 Å². The van der Waals surface area contributed by atoms with Crippen LogP contribution in [0.5, 0.6) is 0 Å². The molecule has 0 saturated carbocycles. The second kappa shape index (κ2) is 8.43. The molecule has 0 bridgehead atoms. The molecule has 28 heavy (non-hydrogen) atoms.